The number of amides is 2. The van der Waals surface area contributed by atoms with E-state index in [2.05, 4.69) is 15.8 Å². The number of hydrogen-bond acceptors (Lipinski definition) is 6. The van der Waals surface area contributed by atoms with Crippen molar-refractivity contribution in [3.8, 4) is 11.4 Å². The fourth-order valence-corrected chi connectivity index (χ4v) is 4.95. The van der Waals surface area contributed by atoms with Crippen LogP contribution in [0.4, 0.5) is 0 Å². The van der Waals surface area contributed by atoms with E-state index in [0.29, 0.717) is 30.4 Å². The second-order valence-electron chi connectivity index (χ2n) is 10.2. The van der Waals surface area contributed by atoms with Crippen LogP contribution >= 0.6 is 0 Å². The van der Waals surface area contributed by atoms with E-state index in [-0.39, 0.29) is 41.9 Å². The third-order valence-electron chi connectivity index (χ3n) is 6.90. The lowest BCUT2D eigenvalue weighted by molar-refractivity contribution is -0.132. The summed E-state index contributed by atoms with van der Waals surface area (Å²) in [6, 6.07) is 16.8. The molecule has 1 aliphatic rings. The van der Waals surface area contributed by atoms with Gasteiger partial charge in [-0.1, -0.05) is 80.4 Å². The minimum Gasteiger partial charge on any atom is -0.349 e. The van der Waals surface area contributed by atoms with Crippen LogP contribution in [-0.2, 0) is 16.1 Å². The smallest absolute Gasteiger partial charge is 0.349 e. The Labute approximate surface area is 221 Å². The van der Waals surface area contributed by atoms with E-state index in [9.17, 15) is 19.2 Å². The highest BCUT2D eigenvalue weighted by atomic mass is 16.5. The molecule has 0 aliphatic heterocycles. The van der Waals surface area contributed by atoms with Gasteiger partial charge in [0, 0.05) is 17.2 Å². The minimum atomic E-state index is -0.791. The van der Waals surface area contributed by atoms with Gasteiger partial charge in [-0.3, -0.25) is 18.9 Å². The zero-order chi connectivity index (χ0) is 27.1. The van der Waals surface area contributed by atoms with Crippen molar-refractivity contribution in [2.75, 3.05) is 0 Å². The molecule has 3 atom stereocenters. The van der Waals surface area contributed by atoms with Crippen molar-refractivity contribution >= 4 is 17.6 Å². The lowest BCUT2D eigenvalue weighted by Crippen LogP contribution is -2.52. The molecule has 2 aromatic carbocycles. The maximum Gasteiger partial charge on any atom is 0.442 e. The van der Waals surface area contributed by atoms with Crippen LogP contribution in [0.1, 0.15) is 56.3 Å². The summed E-state index contributed by atoms with van der Waals surface area (Å²) in [4.78, 5) is 52.0. The highest BCUT2D eigenvalue weighted by Gasteiger charge is 2.34. The van der Waals surface area contributed by atoms with Crippen molar-refractivity contribution in [3.05, 3.63) is 76.8 Å². The molecule has 38 heavy (non-hydrogen) atoms. The van der Waals surface area contributed by atoms with Crippen LogP contribution in [0.5, 0.6) is 0 Å². The Morgan fingerprint density at radius 1 is 1.00 bits per heavy atom. The van der Waals surface area contributed by atoms with Gasteiger partial charge in [0.15, 0.2) is 11.6 Å². The number of Topliss-reactive ketones (excluding diaryl/α,β-unsaturated/α-hetero) is 1. The molecule has 9 nitrogen and oxygen atoms in total. The van der Waals surface area contributed by atoms with E-state index < -0.39 is 17.7 Å². The number of hydrogen-bond donors (Lipinski definition) is 2. The maximum absolute atomic E-state index is 13.5. The van der Waals surface area contributed by atoms with E-state index in [1.807, 2.05) is 26.0 Å². The van der Waals surface area contributed by atoms with Gasteiger partial charge in [-0.15, -0.1) is 0 Å². The third kappa shape index (κ3) is 6.65. The van der Waals surface area contributed by atoms with Gasteiger partial charge in [-0.25, -0.2) is 9.36 Å². The van der Waals surface area contributed by atoms with Gasteiger partial charge < -0.3 is 10.6 Å². The van der Waals surface area contributed by atoms with Crippen LogP contribution in [0.25, 0.3) is 11.4 Å². The first-order valence-corrected chi connectivity index (χ1v) is 13.1. The average molecular weight is 519 g/mol. The summed E-state index contributed by atoms with van der Waals surface area (Å²) in [6.45, 7) is 3.66. The van der Waals surface area contributed by atoms with E-state index in [4.69, 9.17) is 4.52 Å². The fourth-order valence-electron chi connectivity index (χ4n) is 4.95. The highest BCUT2D eigenvalue weighted by molar-refractivity contribution is 5.95. The van der Waals surface area contributed by atoms with Crippen LogP contribution in [0.2, 0.25) is 0 Å². The Balaban J connectivity index is 1.48. The van der Waals surface area contributed by atoms with E-state index >= 15 is 0 Å². The number of aromatic nitrogens is 2. The zero-order valence-corrected chi connectivity index (χ0v) is 21.8. The largest absolute Gasteiger partial charge is 0.442 e. The molecule has 4 rings (SSSR count). The predicted octanol–water partition coefficient (Wildman–Crippen LogP) is 3.59. The molecule has 0 radical (unpaired) electrons. The molecule has 1 fully saturated rings. The van der Waals surface area contributed by atoms with Crippen molar-refractivity contribution in [1.82, 2.24) is 20.4 Å². The Bertz CT molecular complexity index is 1300. The number of benzene rings is 2. The third-order valence-corrected chi connectivity index (χ3v) is 6.90. The summed E-state index contributed by atoms with van der Waals surface area (Å²) in [7, 11) is 0. The molecule has 1 saturated carbocycles. The number of nitrogens with zero attached hydrogens (tertiary/aromatic N) is 2. The van der Waals surface area contributed by atoms with Crippen molar-refractivity contribution in [3.63, 3.8) is 0 Å². The first kappa shape index (κ1) is 27.0. The molecule has 1 heterocycles. The first-order chi connectivity index (χ1) is 18.3. The molecule has 2 amide bonds. The topological polar surface area (TPSA) is 123 Å². The number of rotatable bonds is 10. The number of nitrogens with one attached hydrogen (secondary N) is 2. The Morgan fingerprint density at radius 3 is 2.34 bits per heavy atom. The summed E-state index contributed by atoms with van der Waals surface area (Å²) in [5.74, 6) is -1.59. The number of carbonyl (C=O) groups is 3. The molecular weight excluding hydrogens is 484 g/mol. The normalized spacial score (nSPS) is 18.1. The van der Waals surface area contributed by atoms with Gasteiger partial charge in [0.25, 0.3) is 5.91 Å². The van der Waals surface area contributed by atoms with Gasteiger partial charge in [0.2, 0.25) is 5.91 Å². The molecule has 0 unspecified atom stereocenters. The van der Waals surface area contributed by atoms with Gasteiger partial charge in [0.05, 0.1) is 18.5 Å². The van der Waals surface area contributed by atoms with Crippen LogP contribution in [-0.4, -0.2) is 39.4 Å². The first-order valence-electron chi connectivity index (χ1n) is 13.1. The second kappa shape index (κ2) is 12.5. The fraction of sp³-hybridized carbons (Fsp3) is 0.414. The van der Waals surface area contributed by atoms with E-state index in [1.54, 1.807) is 48.5 Å². The standard InChI is InChI=1S/C29H34N4O5/c1-19(2)17-24(25(34)18-33-26(32-38-29(33)37)20-11-5-3-6-12-20)31-28(36)22-15-9-10-16-23(22)30-27(35)21-13-7-4-8-14-21/h3-8,11-14,19,22-24H,9-10,15-18H2,1-2H3,(H,30,35)(H,31,36)/t22-,23+,24-/m0/s1. The van der Waals surface area contributed by atoms with Gasteiger partial charge in [-0.05, 0) is 37.3 Å². The number of ketones is 1. The molecule has 0 saturated heterocycles. The van der Waals surface area contributed by atoms with Crippen LogP contribution in [0.15, 0.2) is 70.0 Å². The molecule has 0 bridgehead atoms. The summed E-state index contributed by atoms with van der Waals surface area (Å²) in [5, 5.41) is 9.83. The quantitative estimate of drug-likeness (QED) is 0.423. The van der Waals surface area contributed by atoms with Crippen molar-refractivity contribution in [1.29, 1.82) is 0 Å². The van der Waals surface area contributed by atoms with Crippen molar-refractivity contribution in [2.45, 2.75) is 64.6 Å². The molecule has 0 spiro atoms. The molecule has 1 aliphatic carbocycles. The van der Waals surface area contributed by atoms with Gasteiger partial charge in [-0.2, -0.15) is 0 Å². The summed E-state index contributed by atoms with van der Waals surface area (Å²) < 4.78 is 6.05. The lowest BCUT2D eigenvalue weighted by atomic mass is 9.83. The van der Waals surface area contributed by atoms with Gasteiger partial charge >= 0.3 is 5.76 Å². The van der Waals surface area contributed by atoms with Crippen molar-refractivity contribution in [2.24, 2.45) is 11.8 Å². The molecular formula is C29H34N4O5. The van der Waals surface area contributed by atoms with Crippen LogP contribution in [0, 0.1) is 11.8 Å². The minimum absolute atomic E-state index is 0.122. The molecule has 3 aromatic rings. The van der Waals surface area contributed by atoms with Crippen LogP contribution < -0.4 is 16.4 Å². The summed E-state index contributed by atoms with van der Waals surface area (Å²) in [6.07, 6.45) is 3.51. The zero-order valence-electron chi connectivity index (χ0n) is 21.8. The highest BCUT2D eigenvalue weighted by Crippen LogP contribution is 2.26. The monoisotopic (exact) mass is 518 g/mol. The Kier molecular flexibility index (Phi) is 8.89. The Morgan fingerprint density at radius 2 is 1.66 bits per heavy atom. The molecule has 9 heteroatoms. The average Bonchev–Trinajstić information content (AvgIpc) is 3.28. The SMILES string of the molecule is CC(C)C[C@H](NC(=O)[C@H]1CCCC[C@H]1NC(=O)c1ccccc1)C(=O)Cn1c(-c2ccccc2)noc1=O. The number of carbonyl (C=O) groups excluding carboxylic acids is 3. The molecule has 200 valence electrons. The lowest BCUT2D eigenvalue weighted by Gasteiger charge is -2.32. The summed E-state index contributed by atoms with van der Waals surface area (Å²) in [5.41, 5.74) is 1.19. The van der Waals surface area contributed by atoms with Crippen LogP contribution in [0.3, 0.4) is 0 Å². The Hall–Kier alpha value is -4.01. The molecule has 1 aromatic heterocycles. The summed E-state index contributed by atoms with van der Waals surface area (Å²) >= 11 is 0. The predicted molar refractivity (Wildman–Crippen MR) is 142 cm³/mol. The van der Waals surface area contributed by atoms with Crippen molar-refractivity contribution < 1.29 is 18.9 Å². The second-order valence-corrected chi connectivity index (χ2v) is 10.2. The maximum atomic E-state index is 13.5. The van der Waals surface area contributed by atoms with Gasteiger partial charge in [0.1, 0.15) is 0 Å². The molecule has 2 N–H and O–H groups in total. The van der Waals surface area contributed by atoms with E-state index in [0.717, 1.165) is 12.8 Å². The van der Waals surface area contributed by atoms with E-state index in [1.165, 1.54) is 4.57 Å².